The van der Waals surface area contributed by atoms with Crippen molar-refractivity contribution in [3.05, 3.63) is 16.1 Å². The summed E-state index contributed by atoms with van der Waals surface area (Å²) >= 11 is 1.75. The van der Waals surface area contributed by atoms with Gasteiger partial charge < -0.3 is 5.11 Å². The van der Waals surface area contributed by atoms with Crippen LogP contribution in [0.3, 0.4) is 0 Å². The van der Waals surface area contributed by atoms with E-state index in [1.54, 1.807) is 11.3 Å². The van der Waals surface area contributed by atoms with Gasteiger partial charge in [0.2, 0.25) is 0 Å². The number of hydrogen-bond acceptors (Lipinski definition) is 4. The second-order valence-electron chi connectivity index (χ2n) is 5.40. The highest BCUT2D eigenvalue weighted by molar-refractivity contribution is 7.09. The molecule has 0 radical (unpaired) electrons. The van der Waals surface area contributed by atoms with E-state index in [1.165, 1.54) is 5.01 Å². The molecule has 0 bridgehead atoms. The molecule has 4 heteroatoms. The lowest BCUT2D eigenvalue weighted by atomic mass is 9.96. The molecule has 17 heavy (non-hydrogen) atoms. The van der Waals surface area contributed by atoms with Gasteiger partial charge in [0.1, 0.15) is 0 Å². The zero-order chi connectivity index (χ0) is 12.4. The van der Waals surface area contributed by atoms with Gasteiger partial charge >= 0.3 is 0 Å². The Morgan fingerprint density at radius 1 is 1.59 bits per heavy atom. The first kappa shape index (κ1) is 13.0. The Bertz CT molecular complexity index is 364. The zero-order valence-electron chi connectivity index (χ0n) is 10.9. The minimum atomic E-state index is -0.174. The molecular formula is C13H22N2OS. The van der Waals surface area contributed by atoms with Crippen LogP contribution in [0, 0.1) is 5.92 Å². The van der Waals surface area contributed by atoms with Crippen LogP contribution >= 0.6 is 11.3 Å². The molecular weight excluding hydrogens is 232 g/mol. The SMILES string of the molecule is CC(C)c1nc(CN2CCC(C)C(O)C2)cs1. The van der Waals surface area contributed by atoms with Gasteiger partial charge in [-0.1, -0.05) is 20.8 Å². The van der Waals surface area contributed by atoms with Gasteiger partial charge in [0, 0.05) is 24.4 Å². The molecule has 2 unspecified atom stereocenters. The smallest absolute Gasteiger partial charge is 0.0954 e. The van der Waals surface area contributed by atoms with Crippen LogP contribution in [0.1, 0.15) is 43.8 Å². The largest absolute Gasteiger partial charge is 0.392 e. The number of aliphatic hydroxyl groups is 1. The molecule has 2 rings (SSSR count). The van der Waals surface area contributed by atoms with Crippen molar-refractivity contribution in [2.75, 3.05) is 13.1 Å². The molecule has 0 amide bonds. The summed E-state index contributed by atoms with van der Waals surface area (Å²) in [6.07, 6.45) is 0.912. The first-order valence-electron chi connectivity index (χ1n) is 6.41. The van der Waals surface area contributed by atoms with Crippen LogP contribution in [0.15, 0.2) is 5.38 Å². The van der Waals surface area contributed by atoms with E-state index < -0.39 is 0 Å². The average molecular weight is 254 g/mol. The number of nitrogens with zero attached hydrogens (tertiary/aromatic N) is 2. The Morgan fingerprint density at radius 3 is 2.94 bits per heavy atom. The van der Waals surface area contributed by atoms with Crippen LogP contribution in [0.4, 0.5) is 0 Å². The summed E-state index contributed by atoms with van der Waals surface area (Å²) in [6.45, 7) is 9.22. The molecule has 1 N–H and O–H groups in total. The summed E-state index contributed by atoms with van der Waals surface area (Å²) in [5.74, 6) is 0.952. The van der Waals surface area contributed by atoms with Gasteiger partial charge in [0.25, 0.3) is 0 Å². The van der Waals surface area contributed by atoms with Crippen molar-refractivity contribution in [1.82, 2.24) is 9.88 Å². The molecule has 1 fully saturated rings. The van der Waals surface area contributed by atoms with Gasteiger partial charge in [-0.05, 0) is 18.9 Å². The first-order valence-corrected chi connectivity index (χ1v) is 7.29. The molecule has 1 aromatic heterocycles. The number of aliphatic hydroxyl groups excluding tert-OH is 1. The van der Waals surface area contributed by atoms with E-state index in [1.807, 2.05) is 0 Å². The van der Waals surface area contributed by atoms with Crippen molar-refractivity contribution in [3.63, 3.8) is 0 Å². The van der Waals surface area contributed by atoms with Gasteiger partial charge in [-0.15, -0.1) is 11.3 Å². The molecule has 0 spiro atoms. The van der Waals surface area contributed by atoms with Crippen molar-refractivity contribution in [2.45, 2.75) is 45.8 Å². The number of β-amino-alcohol motifs (C(OH)–C–C–N with tert-alkyl or cyclic N) is 1. The monoisotopic (exact) mass is 254 g/mol. The maximum Gasteiger partial charge on any atom is 0.0954 e. The third kappa shape index (κ3) is 3.27. The van der Waals surface area contributed by atoms with Crippen molar-refractivity contribution >= 4 is 11.3 Å². The van der Waals surface area contributed by atoms with Crippen LogP contribution in [0.5, 0.6) is 0 Å². The van der Waals surface area contributed by atoms with E-state index in [2.05, 4.69) is 36.0 Å². The molecule has 2 heterocycles. The lowest BCUT2D eigenvalue weighted by Gasteiger charge is -2.33. The minimum absolute atomic E-state index is 0.174. The first-order chi connectivity index (χ1) is 8.06. The molecule has 2 atom stereocenters. The van der Waals surface area contributed by atoms with E-state index in [4.69, 9.17) is 0 Å². The van der Waals surface area contributed by atoms with Crippen molar-refractivity contribution < 1.29 is 5.11 Å². The van der Waals surface area contributed by atoms with Gasteiger partial charge in [-0.25, -0.2) is 4.98 Å². The van der Waals surface area contributed by atoms with Crippen LogP contribution in [0.25, 0.3) is 0 Å². The van der Waals surface area contributed by atoms with Gasteiger partial charge in [-0.3, -0.25) is 4.90 Å². The predicted molar refractivity (Wildman–Crippen MR) is 71.3 cm³/mol. The lowest BCUT2D eigenvalue weighted by molar-refractivity contribution is 0.0255. The lowest BCUT2D eigenvalue weighted by Crippen LogP contribution is -2.42. The number of likely N-dealkylation sites (tertiary alicyclic amines) is 1. The Morgan fingerprint density at radius 2 is 2.35 bits per heavy atom. The molecule has 1 aromatic rings. The highest BCUT2D eigenvalue weighted by Gasteiger charge is 2.24. The number of rotatable bonds is 3. The topological polar surface area (TPSA) is 36.4 Å². The fourth-order valence-corrected chi connectivity index (χ4v) is 2.97. The summed E-state index contributed by atoms with van der Waals surface area (Å²) in [6, 6.07) is 0. The van der Waals surface area contributed by atoms with Crippen molar-refractivity contribution in [2.24, 2.45) is 5.92 Å². The maximum absolute atomic E-state index is 9.86. The number of piperidine rings is 1. The van der Waals surface area contributed by atoms with E-state index in [0.29, 0.717) is 11.8 Å². The van der Waals surface area contributed by atoms with Crippen molar-refractivity contribution in [3.8, 4) is 0 Å². The van der Waals surface area contributed by atoms with Gasteiger partial charge in [0.05, 0.1) is 16.8 Å². The van der Waals surface area contributed by atoms with Crippen LogP contribution in [-0.2, 0) is 6.54 Å². The fraction of sp³-hybridized carbons (Fsp3) is 0.769. The van der Waals surface area contributed by atoms with Gasteiger partial charge in [0.15, 0.2) is 0 Å². The van der Waals surface area contributed by atoms with Crippen molar-refractivity contribution in [1.29, 1.82) is 0 Å². The van der Waals surface area contributed by atoms with Crippen LogP contribution < -0.4 is 0 Å². The quantitative estimate of drug-likeness (QED) is 0.900. The summed E-state index contributed by atoms with van der Waals surface area (Å²) in [5, 5.41) is 13.2. The minimum Gasteiger partial charge on any atom is -0.392 e. The van der Waals surface area contributed by atoms with Gasteiger partial charge in [-0.2, -0.15) is 0 Å². The molecule has 1 saturated heterocycles. The van der Waals surface area contributed by atoms with E-state index in [0.717, 1.165) is 31.7 Å². The van der Waals surface area contributed by atoms with E-state index >= 15 is 0 Å². The summed E-state index contributed by atoms with van der Waals surface area (Å²) in [5.41, 5.74) is 1.15. The fourth-order valence-electron chi connectivity index (χ4n) is 2.15. The maximum atomic E-state index is 9.86. The molecule has 0 saturated carbocycles. The number of thiazole rings is 1. The third-order valence-corrected chi connectivity index (χ3v) is 4.65. The molecule has 0 aromatic carbocycles. The molecule has 1 aliphatic heterocycles. The number of hydrogen-bond donors (Lipinski definition) is 1. The summed E-state index contributed by atoms with van der Waals surface area (Å²) < 4.78 is 0. The Labute approximate surface area is 107 Å². The van der Waals surface area contributed by atoms with E-state index in [9.17, 15) is 5.11 Å². The molecule has 3 nitrogen and oxygen atoms in total. The predicted octanol–water partition coefficient (Wildman–Crippen LogP) is 2.47. The standard InChI is InChI=1S/C13H22N2OS/c1-9(2)13-14-11(8-17-13)6-15-5-4-10(3)12(16)7-15/h8-10,12,16H,4-7H2,1-3H3. The highest BCUT2D eigenvalue weighted by atomic mass is 32.1. The Hall–Kier alpha value is -0.450. The highest BCUT2D eigenvalue weighted by Crippen LogP contribution is 2.22. The molecule has 1 aliphatic rings. The van der Waals surface area contributed by atoms with E-state index in [-0.39, 0.29) is 6.10 Å². The summed E-state index contributed by atoms with van der Waals surface area (Å²) in [7, 11) is 0. The van der Waals surface area contributed by atoms with Crippen LogP contribution in [0.2, 0.25) is 0 Å². The Kier molecular flexibility index (Phi) is 4.17. The second kappa shape index (κ2) is 5.46. The molecule has 96 valence electrons. The zero-order valence-corrected chi connectivity index (χ0v) is 11.7. The van der Waals surface area contributed by atoms with Crippen LogP contribution in [-0.4, -0.2) is 34.2 Å². The Balaban J connectivity index is 1.92. The normalized spacial score (nSPS) is 26.6. The number of aromatic nitrogens is 1. The molecule has 0 aliphatic carbocycles. The summed E-state index contributed by atoms with van der Waals surface area (Å²) in [4.78, 5) is 6.95. The average Bonchev–Trinajstić information content (AvgIpc) is 2.72. The third-order valence-electron chi connectivity index (χ3n) is 3.45. The second-order valence-corrected chi connectivity index (χ2v) is 6.29.